The fraction of sp³-hybridized carbons (Fsp3) is 0.385. The summed E-state index contributed by atoms with van der Waals surface area (Å²) in [6, 6.07) is 2.99. The summed E-state index contributed by atoms with van der Waals surface area (Å²) in [4.78, 5) is 14.0. The van der Waals surface area contributed by atoms with Crippen LogP contribution in [0.4, 0.5) is 4.39 Å². The highest BCUT2D eigenvalue weighted by molar-refractivity contribution is 7.86. The zero-order valence-corrected chi connectivity index (χ0v) is 13.0. The fourth-order valence-electron chi connectivity index (χ4n) is 2.67. The van der Waals surface area contributed by atoms with Gasteiger partial charge in [-0.05, 0) is 18.6 Å². The molecule has 0 saturated carbocycles. The quantitative estimate of drug-likeness (QED) is 0.804. The lowest BCUT2D eigenvalue weighted by Gasteiger charge is -2.21. The Bertz CT molecular complexity index is 850. The van der Waals surface area contributed by atoms with Crippen LogP contribution in [-0.2, 0) is 10.2 Å². The van der Waals surface area contributed by atoms with Crippen LogP contribution in [0.15, 0.2) is 18.3 Å². The molecule has 0 spiro atoms. The molecule has 0 unspecified atom stereocenters. The van der Waals surface area contributed by atoms with E-state index in [-0.39, 0.29) is 30.6 Å². The van der Waals surface area contributed by atoms with Crippen molar-refractivity contribution in [1.29, 1.82) is 0 Å². The molecule has 3 rings (SSSR count). The molecule has 0 atom stereocenters. The average Bonchev–Trinajstić information content (AvgIpc) is 2.82. The van der Waals surface area contributed by atoms with Gasteiger partial charge in [0.1, 0.15) is 5.82 Å². The predicted molar refractivity (Wildman–Crippen MR) is 81.3 cm³/mol. The van der Waals surface area contributed by atoms with E-state index in [1.807, 2.05) is 0 Å². The summed E-state index contributed by atoms with van der Waals surface area (Å²) in [7, 11) is -3.78. The Labute approximate surface area is 132 Å². The summed E-state index contributed by atoms with van der Waals surface area (Å²) in [5, 5.41) is 11.7. The molecule has 124 valence electrons. The monoisotopic (exact) mass is 341 g/mol. The van der Waals surface area contributed by atoms with E-state index < -0.39 is 21.9 Å². The normalized spacial score (nSPS) is 17.4. The topological polar surface area (TPSA) is 112 Å². The van der Waals surface area contributed by atoms with Gasteiger partial charge in [0.2, 0.25) is 0 Å². The average molecular weight is 341 g/mol. The Kier molecular flexibility index (Phi) is 4.04. The number of carbonyl (C=O) groups is 1. The lowest BCUT2D eigenvalue weighted by atomic mass is 10.1. The van der Waals surface area contributed by atoms with Crippen molar-refractivity contribution in [3.63, 3.8) is 0 Å². The number of fused-ring (bicyclic) bond motifs is 1. The van der Waals surface area contributed by atoms with Gasteiger partial charge in [-0.3, -0.25) is 9.89 Å². The lowest BCUT2D eigenvalue weighted by Crippen LogP contribution is -2.40. The van der Waals surface area contributed by atoms with Gasteiger partial charge in [-0.1, -0.05) is 0 Å². The number of hydrogen-bond acceptors (Lipinski definition) is 4. The molecule has 0 bridgehead atoms. The lowest BCUT2D eigenvalue weighted by molar-refractivity contribution is 0.0760. The first-order valence-electron chi connectivity index (χ1n) is 7.06. The van der Waals surface area contributed by atoms with Crippen molar-refractivity contribution in [3.8, 4) is 0 Å². The zero-order chi connectivity index (χ0) is 16.6. The molecule has 1 saturated heterocycles. The smallest absolute Gasteiger partial charge is 0.276 e. The molecule has 0 radical (unpaired) electrons. The van der Waals surface area contributed by atoms with Crippen LogP contribution in [0.5, 0.6) is 0 Å². The van der Waals surface area contributed by atoms with Crippen molar-refractivity contribution in [2.24, 2.45) is 5.14 Å². The number of nitrogens with zero attached hydrogens (tertiary/aromatic N) is 3. The predicted octanol–water partition coefficient (Wildman–Crippen LogP) is 0.0534. The number of benzene rings is 1. The largest absolute Gasteiger partial charge is 0.337 e. The molecule has 1 aliphatic rings. The van der Waals surface area contributed by atoms with E-state index in [0.717, 1.165) is 4.31 Å². The van der Waals surface area contributed by atoms with Gasteiger partial charge in [0, 0.05) is 26.2 Å². The Hall–Kier alpha value is -2.04. The first-order chi connectivity index (χ1) is 10.9. The molecule has 2 heterocycles. The number of H-pyrrole nitrogens is 1. The van der Waals surface area contributed by atoms with E-state index in [1.54, 1.807) is 6.07 Å². The van der Waals surface area contributed by atoms with Crippen LogP contribution >= 0.6 is 0 Å². The standard InChI is InChI=1S/C13H16FN5O3S/c14-12-9(2-3-11-10(12)8-16-17-11)13(20)18-4-1-5-19(7-6-18)23(15,21)22/h2-3,8H,1,4-7H2,(H,16,17)(H2,15,21,22). The van der Waals surface area contributed by atoms with Crippen molar-refractivity contribution in [2.75, 3.05) is 26.2 Å². The first-order valence-corrected chi connectivity index (χ1v) is 8.57. The number of amides is 1. The molecular formula is C13H16FN5O3S. The number of hydrogen-bond donors (Lipinski definition) is 2. The molecular weight excluding hydrogens is 325 g/mol. The minimum atomic E-state index is -3.78. The van der Waals surface area contributed by atoms with Gasteiger partial charge in [0.15, 0.2) is 0 Å². The molecule has 1 aromatic heterocycles. The molecule has 1 fully saturated rings. The second kappa shape index (κ2) is 5.87. The van der Waals surface area contributed by atoms with Crippen LogP contribution < -0.4 is 5.14 Å². The molecule has 10 heteroatoms. The number of carbonyl (C=O) groups excluding carboxylic acids is 1. The minimum absolute atomic E-state index is 0.0528. The Morgan fingerprint density at radius 3 is 2.78 bits per heavy atom. The van der Waals surface area contributed by atoms with E-state index in [2.05, 4.69) is 10.2 Å². The van der Waals surface area contributed by atoms with Crippen LogP contribution in [0, 0.1) is 5.82 Å². The highest BCUT2D eigenvalue weighted by atomic mass is 32.2. The van der Waals surface area contributed by atoms with E-state index in [0.29, 0.717) is 18.5 Å². The van der Waals surface area contributed by atoms with Gasteiger partial charge in [0.25, 0.3) is 16.1 Å². The zero-order valence-electron chi connectivity index (χ0n) is 12.2. The SMILES string of the molecule is NS(=O)(=O)N1CCCN(C(=O)c2ccc3[nH]ncc3c2F)CC1. The first kappa shape index (κ1) is 15.8. The Balaban J connectivity index is 1.83. The van der Waals surface area contributed by atoms with Gasteiger partial charge >= 0.3 is 0 Å². The Morgan fingerprint density at radius 2 is 2.04 bits per heavy atom. The second-order valence-corrected chi connectivity index (χ2v) is 6.89. The van der Waals surface area contributed by atoms with E-state index >= 15 is 0 Å². The fourth-order valence-corrected chi connectivity index (χ4v) is 3.39. The van der Waals surface area contributed by atoms with Gasteiger partial charge in [-0.25, -0.2) is 9.53 Å². The maximum Gasteiger partial charge on any atom is 0.276 e. The molecule has 3 N–H and O–H groups in total. The van der Waals surface area contributed by atoms with Crippen molar-refractivity contribution in [1.82, 2.24) is 19.4 Å². The number of nitrogens with one attached hydrogen (secondary N) is 1. The number of nitrogens with two attached hydrogens (primary N) is 1. The number of rotatable bonds is 2. The summed E-state index contributed by atoms with van der Waals surface area (Å²) in [5.41, 5.74) is 0.457. The summed E-state index contributed by atoms with van der Waals surface area (Å²) in [6.07, 6.45) is 1.77. The highest BCUT2D eigenvalue weighted by Crippen LogP contribution is 2.21. The third kappa shape index (κ3) is 3.05. The molecule has 8 nitrogen and oxygen atoms in total. The maximum absolute atomic E-state index is 14.4. The number of aromatic nitrogens is 2. The highest BCUT2D eigenvalue weighted by Gasteiger charge is 2.26. The van der Waals surface area contributed by atoms with Gasteiger partial charge in [0.05, 0.1) is 22.7 Å². The number of halogens is 1. The van der Waals surface area contributed by atoms with Crippen molar-refractivity contribution in [2.45, 2.75) is 6.42 Å². The van der Waals surface area contributed by atoms with Crippen molar-refractivity contribution < 1.29 is 17.6 Å². The van der Waals surface area contributed by atoms with Crippen molar-refractivity contribution >= 4 is 27.0 Å². The van der Waals surface area contributed by atoms with Crippen LogP contribution in [0.25, 0.3) is 10.9 Å². The molecule has 1 aromatic carbocycles. The molecule has 1 amide bonds. The van der Waals surface area contributed by atoms with Crippen LogP contribution in [0.3, 0.4) is 0 Å². The van der Waals surface area contributed by atoms with Crippen LogP contribution in [0.1, 0.15) is 16.8 Å². The van der Waals surface area contributed by atoms with Crippen LogP contribution in [-0.4, -0.2) is 59.9 Å². The second-order valence-electron chi connectivity index (χ2n) is 5.35. The maximum atomic E-state index is 14.4. The summed E-state index contributed by atoms with van der Waals surface area (Å²) in [5.74, 6) is -1.10. The summed E-state index contributed by atoms with van der Waals surface area (Å²) < 4.78 is 38.3. The summed E-state index contributed by atoms with van der Waals surface area (Å²) in [6.45, 7) is 0.845. The van der Waals surface area contributed by atoms with E-state index in [1.165, 1.54) is 17.2 Å². The van der Waals surface area contributed by atoms with Gasteiger partial charge in [-0.15, -0.1) is 0 Å². The van der Waals surface area contributed by atoms with Crippen LogP contribution in [0.2, 0.25) is 0 Å². The molecule has 1 aliphatic heterocycles. The minimum Gasteiger partial charge on any atom is -0.337 e. The van der Waals surface area contributed by atoms with Gasteiger partial charge in [-0.2, -0.15) is 17.8 Å². The Morgan fingerprint density at radius 1 is 1.26 bits per heavy atom. The van der Waals surface area contributed by atoms with E-state index in [9.17, 15) is 17.6 Å². The third-order valence-electron chi connectivity index (χ3n) is 3.89. The third-order valence-corrected chi connectivity index (χ3v) is 4.98. The summed E-state index contributed by atoms with van der Waals surface area (Å²) >= 11 is 0. The number of aromatic amines is 1. The van der Waals surface area contributed by atoms with Gasteiger partial charge < -0.3 is 4.90 Å². The molecule has 2 aromatic rings. The van der Waals surface area contributed by atoms with Crippen molar-refractivity contribution in [3.05, 3.63) is 29.7 Å². The molecule has 0 aliphatic carbocycles. The molecule has 23 heavy (non-hydrogen) atoms. The van der Waals surface area contributed by atoms with E-state index in [4.69, 9.17) is 5.14 Å².